The van der Waals surface area contributed by atoms with E-state index in [0.717, 1.165) is 44.1 Å². The fourth-order valence-electron chi connectivity index (χ4n) is 12.5. The van der Waals surface area contributed by atoms with Crippen molar-refractivity contribution in [3.8, 4) is 0 Å². The molecule has 4 aliphatic heterocycles. The van der Waals surface area contributed by atoms with E-state index in [-0.39, 0.29) is 30.0 Å². The minimum Gasteiger partial charge on any atom is -0.457 e. The number of esters is 1. The zero-order chi connectivity index (χ0) is 37.8. The third-order valence-corrected chi connectivity index (χ3v) is 15.3. The Morgan fingerprint density at radius 2 is 1.74 bits per heavy atom. The van der Waals surface area contributed by atoms with Crippen LogP contribution >= 0.6 is 0 Å². The van der Waals surface area contributed by atoms with Crippen LogP contribution in [-0.2, 0) is 38.0 Å². The van der Waals surface area contributed by atoms with E-state index in [0.29, 0.717) is 37.2 Å². The molecule has 3 saturated carbocycles. The number of aliphatic hydroxyl groups is 5. The van der Waals surface area contributed by atoms with Gasteiger partial charge < -0.3 is 58.7 Å². The highest BCUT2D eigenvalue weighted by Crippen LogP contribution is 2.71. The number of fused-ring (bicyclic) bond motifs is 7. The summed E-state index contributed by atoms with van der Waals surface area (Å²) in [6.45, 7) is 14.4. The van der Waals surface area contributed by atoms with Crippen molar-refractivity contribution in [2.75, 3.05) is 13.2 Å². The number of allylic oxidation sites excluding steroid dienone is 1. The van der Waals surface area contributed by atoms with Crippen molar-refractivity contribution >= 4 is 5.97 Å². The van der Waals surface area contributed by atoms with Crippen molar-refractivity contribution in [3.05, 3.63) is 23.8 Å². The molecule has 5 N–H and O–H groups in total. The summed E-state index contributed by atoms with van der Waals surface area (Å²) < 4.78 is 43.7. The monoisotopic (exact) mass is 748 g/mol. The summed E-state index contributed by atoms with van der Waals surface area (Å²) in [6, 6.07) is 0. The smallest absolute Gasteiger partial charge is 0.303 e. The quantitative estimate of drug-likeness (QED) is 0.205. The molecule has 298 valence electrons. The van der Waals surface area contributed by atoms with Gasteiger partial charge in [-0.1, -0.05) is 44.6 Å². The second-order valence-corrected chi connectivity index (χ2v) is 18.1. The van der Waals surface area contributed by atoms with Crippen LogP contribution in [0.3, 0.4) is 0 Å². The van der Waals surface area contributed by atoms with E-state index < -0.39 is 84.7 Å². The second-order valence-electron chi connectivity index (χ2n) is 18.1. The molecule has 0 aromatic heterocycles. The lowest BCUT2D eigenvalue weighted by molar-refractivity contribution is -0.363. The van der Waals surface area contributed by atoms with Gasteiger partial charge in [0.25, 0.3) is 0 Å². The van der Waals surface area contributed by atoms with Crippen molar-refractivity contribution in [2.24, 2.45) is 40.4 Å². The average Bonchev–Trinajstić information content (AvgIpc) is 3.56. The first-order valence-electron chi connectivity index (χ1n) is 19.9. The third kappa shape index (κ3) is 6.11. The van der Waals surface area contributed by atoms with Crippen LogP contribution in [0.1, 0.15) is 86.0 Å². The van der Waals surface area contributed by atoms with Gasteiger partial charge in [-0.05, 0) is 74.5 Å². The summed E-state index contributed by atoms with van der Waals surface area (Å²) in [6.07, 6.45) is -3.95. The van der Waals surface area contributed by atoms with Crippen LogP contribution in [-0.4, -0.2) is 124 Å². The van der Waals surface area contributed by atoms with Gasteiger partial charge in [0.1, 0.15) is 30.5 Å². The van der Waals surface area contributed by atoms with Gasteiger partial charge >= 0.3 is 5.97 Å². The molecule has 7 fully saturated rings. The molecule has 0 bridgehead atoms. The Morgan fingerprint density at radius 3 is 2.45 bits per heavy atom. The molecular weight excluding hydrogens is 688 g/mol. The lowest BCUT2D eigenvalue weighted by Crippen LogP contribution is -2.63. The molecule has 8 aliphatic rings. The number of hydrogen-bond donors (Lipinski definition) is 5. The summed E-state index contributed by atoms with van der Waals surface area (Å²) in [5, 5.41) is 54.4. The number of rotatable bonds is 5. The van der Waals surface area contributed by atoms with E-state index in [1.807, 2.05) is 0 Å². The molecule has 0 radical (unpaired) electrons. The molecule has 4 saturated heterocycles. The topological polar surface area (TPSA) is 183 Å². The molecule has 0 aromatic carbocycles. The molecule has 20 unspecified atom stereocenters. The molecule has 1 spiro atoms. The van der Waals surface area contributed by atoms with Crippen molar-refractivity contribution in [1.82, 2.24) is 0 Å². The molecule has 13 nitrogen and oxygen atoms in total. The van der Waals surface area contributed by atoms with Gasteiger partial charge in [0.15, 0.2) is 24.5 Å². The first-order valence-corrected chi connectivity index (χ1v) is 19.9. The van der Waals surface area contributed by atoms with E-state index in [9.17, 15) is 30.3 Å². The number of carbonyl (C=O) groups is 1. The highest BCUT2D eigenvalue weighted by molar-refractivity contribution is 5.66. The summed E-state index contributed by atoms with van der Waals surface area (Å²) in [5.74, 6) is 0.620. The van der Waals surface area contributed by atoms with E-state index in [2.05, 4.69) is 33.4 Å². The van der Waals surface area contributed by atoms with E-state index in [1.165, 1.54) is 19.4 Å². The van der Waals surface area contributed by atoms with Gasteiger partial charge in [-0.3, -0.25) is 4.79 Å². The summed E-state index contributed by atoms with van der Waals surface area (Å²) in [7, 11) is 0. The molecule has 0 aromatic rings. The Hall–Kier alpha value is -1.49. The highest BCUT2D eigenvalue weighted by Gasteiger charge is 2.69. The highest BCUT2D eigenvalue weighted by atomic mass is 16.8. The fourth-order valence-corrected chi connectivity index (χ4v) is 12.5. The van der Waals surface area contributed by atoms with Crippen LogP contribution in [0.25, 0.3) is 0 Å². The zero-order valence-electron chi connectivity index (χ0n) is 31.7. The maximum absolute atomic E-state index is 11.9. The summed E-state index contributed by atoms with van der Waals surface area (Å²) in [4.78, 5) is 11.9. The minimum atomic E-state index is -1.64. The first kappa shape index (κ1) is 38.4. The normalized spacial score (nSPS) is 55.1. The first-order chi connectivity index (χ1) is 25.1. The SMILES string of the molecule is C=C1CCC2(OC1)OC1CC3C4CC=C5CC(O)CC(OC6OCC(OC(C)=O)C(O)C6OC6OC(C)C(O)C(O)C6O)C5(C)C4CCC3(C)C1C2C. The predicted molar refractivity (Wildman–Crippen MR) is 186 cm³/mol. The number of ether oxygens (including phenoxy) is 7. The Labute approximate surface area is 311 Å². The number of aliphatic hydroxyl groups excluding tert-OH is 5. The van der Waals surface area contributed by atoms with Gasteiger partial charge in [-0.2, -0.15) is 0 Å². The van der Waals surface area contributed by atoms with Gasteiger partial charge in [-0.25, -0.2) is 0 Å². The van der Waals surface area contributed by atoms with Crippen LogP contribution in [0, 0.1) is 40.4 Å². The van der Waals surface area contributed by atoms with Gasteiger partial charge in [-0.15, -0.1) is 0 Å². The molecule has 4 heterocycles. The lowest BCUT2D eigenvalue weighted by Gasteiger charge is -2.60. The van der Waals surface area contributed by atoms with Crippen molar-refractivity contribution in [3.63, 3.8) is 0 Å². The van der Waals surface area contributed by atoms with E-state index >= 15 is 0 Å². The Bertz CT molecular complexity index is 1440. The van der Waals surface area contributed by atoms with Gasteiger partial charge in [0.2, 0.25) is 0 Å². The third-order valence-electron chi connectivity index (χ3n) is 15.3. The van der Waals surface area contributed by atoms with Gasteiger partial charge in [0.05, 0.1) is 37.6 Å². The maximum atomic E-state index is 11.9. The molecular formula is C40H60O13. The number of carbonyl (C=O) groups excluding carboxylic acids is 1. The fraction of sp³-hybridized carbons (Fsp3) is 0.875. The standard InChI is InChI=1S/C40H60O13/c1-18-9-12-40(48-16-18)19(2)30-27(53-40)15-26-24-8-7-22-13-23(42)14-29(39(22,6)25(24)10-11-38(26,30)5)51-37-35(32(44)28(17-47-37)50-21(4)41)52-36-34(46)33(45)31(43)20(3)49-36/h7,19-20,23-37,42-46H,1,8-17H2,2-6H3. The molecule has 4 aliphatic carbocycles. The van der Waals surface area contributed by atoms with Gasteiger partial charge in [0, 0.05) is 31.1 Å². The predicted octanol–water partition coefficient (Wildman–Crippen LogP) is 2.49. The van der Waals surface area contributed by atoms with Crippen molar-refractivity contribution in [1.29, 1.82) is 0 Å². The van der Waals surface area contributed by atoms with Crippen LogP contribution in [0.5, 0.6) is 0 Å². The number of hydrogen-bond acceptors (Lipinski definition) is 13. The molecule has 13 heteroatoms. The van der Waals surface area contributed by atoms with Crippen LogP contribution < -0.4 is 0 Å². The Kier molecular flexibility index (Phi) is 10.0. The summed E-state index contributed by atoms with van der Waals surface area (Å²) in [5.41, 5.74) is 1.94. The lowest BCUT2D eigenvalue weighted by atomic mass is 9.46. The average molecular weight is 749 g/mol. The molecule has 0 amide bonds. The van der Waals surface area contributed by atoms with Crippen molar-refractivity contribution in [2.45, 2.75) is 165 Å². The summed E-state index contributed by atoms with van der Waals surface area (Å²) >= 11 is 0. The zero-order valence-corrected chi connectivity index (χ0v) is 31.7. The maximum Gasteiger partial charge on any atom is 0.303 e. The van der Waals surface area contributed by atoms with Crippen LogP contribution in [0.15, 0.2) is 23.8 Å². The molecule has 53 heavy (non-hydrogen) atoms. The minimum absolute atomic E-state index is 0.0934. The second kappa shape index (κ2) is 13.9. The van der Waals surface area contributed by atoms with Crippen LogP contribution in [0.2, 0.25) is 0 Å². The molecule has 8 rings (SSSR count). The Morgan fingerprint density at radius 1 is 0.962 bits per heavy atom. The van der Waals surface area contributed by atoms with Crippen molar-refractivity contribution < 1.29 is 63.5 Å². The van der Waals surface area contributed by atoms with E-state index in [4.69, 9.17) is 33.2 Å². The van der Waals surface area contributed by atoms with E-state index in [1.54, 1.807) is 0 Å². The largest absolute Gasteiger partial charge is 0.457 e. The van der Waals surface area contributed by atoms with Crippen LogP contribution in [0.4, 0.5) is 0 Å². The molecule has 20 atom stereocenters. The Balaban J connectivity index is 1.05.